The van der Waals surface area contributed by atoms with Gasteiger partial charge in [-0.05, 0) is 47.9 Å². The van der Waals surface area contributed by atoms with E-state index in [9.17, 15) is 14.7 Å². The lowest BCUT2D eigenvalue weighted by Gasteiger charge is -2.43. The summed E-state index contributed by atoms with van der Waals surface area (Å²) in [6.07, 6.45) is 1.44. The van der Waals surface area contributed by atoms with Crippen molar-refractivity contribution in [1.82, 2.24) is 9.80 Å². The summed E-state index contributed by atoms with van der Waals surface area (Å²) in [7, 11) is 0. The predicted octanol–water partition coefficient (Wildman–Crippen LogP) is 4.44. The molecule has 1 aromatic heterocycles. The summed E-state index contributed by atoms with van der Waals surface area (Å²) in [6, 6.07) is 15.0. The average molecular weight is 471 g/mol. The third-order valence-corrected chi connectivity index (χ3v) is 8.14. The van der Waals surface area contributed by atoms with Crippen molar-refractivity contribution in [2.75, 3.05) is 24.7 Å². The quantitative estimate of drug-likeness (QED) is 0.571. The minimum atomic E-state index is -0.315. The third kappa shape index (κ3) is 3.73. The molecule has 0 bridgehead atoms. The number of amides is 2. The zero-order valence-corrected chi connectivity index (χ0v) is 19.0. The minimum Gasteiger partial charge on any atom is -0.508 e. The van der Waals surface area contributed by atoms with E-state index in [1.807, 2.05) is 41.3 Å². The topological polar surface area (TPSA) is 74.0 Å². The predicted molar refractivity (Wildman–Crippen MR) is 126 cm³/mol. The van der Waals surface area contributed by atoms with Crippen molar-refractivity contribution < 1.29 is 19.1 Å². The Morgan fingerprint density at radius 1 is 1.16 bits per heavy atom. The molecule has 2 fully saturated rings. The van der Waals surface area contributed by atoms with E-state index >= 15 is 0 Å². The summed E-state index contributed by atoms with van der Waals surface area (Å²) in [4.78, 5) is 28.1. The van der Waals surface area contributed by atoms with Crippen LogP contribution in [-0.4, -0.2) is 56.3 Å². The van der Waals surface area contributed by atoms with Gasteiger partial charge in [-0.2, -0.15) is 0 Å². The molecule has 0 aliphatic carbocycles. The number of hydrogen-bond donors (Lipinski definition) is 1. The first-order chi connectivity index (χ1) is 15.5. The van der Waals surface area contributed by atoms with Gasteiger partial charge < -0.3 is 19.3 Å². The Labute approximate surface area is 195 Å². The van der Waals surface area contributed by atoms with Crippen LogP contribution in [0.3, 0.4) is 0 Å². The Bertz CT molecular complexity index is 1190. The van der Waals surface area contributed by atoms with Gasteiger partial charge in [0.1, 0.15) is 23.2 Å². The molecule has 2 aromatic carbocycles. The molecule has 0 saturated carbocycles. The van der Waals surface area contributed by atoms with Crippen molar-refractivity contribution in [3.8, 4) is 17.1 Å². The standard InChI is InChI=1S/C24H23ClN2O4S/c25-13-22(29)26-9-7-24(8-10-26)27(23(30)15-32-24)14-18-5-6-21(31-18)20-12-17(28)11-16-3-1-2-4-19(16)20/h1-6,11-12,28H,7-10,13-15H2. The highest BCUT2D eigenvalue weighted by molar-refractivity contribution is 8.01. The van der Waals surface area contributed by atoms with E-state index < -0.39 is 0 Å². The summed E-state index contributed by atoms with van der Waals surface area (Å²) in [5.41, 5.74) is 0.816. The molecule has 1 spiro atoms. The Morgan fingerprint density at radius 3 is 2.72 bits per heavy atom. The van der Waals surface area contributed by atoms with Crippen LogP contribution in [0, 0.1) is 0 Å². The Kier molecular flexibility index (Phi) is 5.55. The fraction of sp³-hybridized carbons (Fsp3) is 0.333. The minimum absolute atomic E-state index is 0.0122. The van der Waals surface area contributed by atoms with E-state index in [-0.39, 0.29) is 28.3 Å². The number of phenolic OH excluding ortho intramolecular Hbond substituents is 1. The van der Waals surface area contributed by atoms with Crippen molar-refractivity contribution >= 4 is 45.9 Å². The maximum absolute atomic E-state index is 12.7. The highest BCUT2D eigenvalue weighted by atomic mass is 35.5. The smallest absolute Gasteiger partial charge is 0.237 e. The van der Waals surface area contributed by atoms with Crippen LogP contribution >= 0.6 is 23.4 Å². The first-order valence-corrected chi connectivity index (χ1v) is 12.1. The second-order valence-corrected chi connectivity index (χ2v) is 9.81. The number of halogens is 1. The molecule has 2 saturated heterocycles. The maximum atomic E-state index is 12.7. The van der Waals surface area contributed by atoms with Crippen LogP contribution < -0.4 is 0 Å². The van der Waals surface area contributed by atoms with Gasteiger partial charge in [-0.3, -0.25) is 9.59 Å². The van der Waals surface area contributed by atoms with Gasteiger partial charge in [0.05, 0.1) is 17.2 Å². The second-order valence-electron chi connectivity index (χ2n) is 8.21. The second kappa shape index (κ2) is 8.37. The number of benzene rings is 2. The van der Waals surface area contributed by atoms with E-state index in [1.165, 1.54) is 0 Å². The van der Waals surface area contributed by atoms with Crippen LogP contribution in [0.1, 0.15) is 18.6 Å². The van der Waals surface area contributed by atoms with Gasteiger partial charge in [0.25, 0.3) is 0 Å². The van der Waals surface area contributed by atoms with E-state index in [0.29, 0.717) is 36.9 Å². The monoisotopic (exact) mass is 470 g/mol. The molecule has 1 N–H and O–H groups in total. The first kappa shape index (κ1) is 21.2. The van der Waals surface area contributed by atoms with E-state index in [4.69, 9.17) is 16.0 Å². The van der Waals surface area contributed by atoms with Crippen LogP contribution in [0.4, 0.5) is 0 Å². The highest BCUT2D eigenvalue weighted by Gasteiger charge is 2.48. The summed E-state index contributed by atoms with van der Waals surface area (Å²) in [5.74, 6) is 1.99. The lowest BCUT2D eigenvalue weighted by Crippen LogP contribution is -2.52. The molecule has 2 amide bonds. The number of hydrogen-bond acceptors (Lipinski definition) is 5. The number of rotatable bonds is 4. The lowest BCUT2D eigenvalue weighted by atomic mass is 10.0. The van der Waals surface area contributed by atoms with Crippen molar-refractivity contribution in [2.24, 2.45) is 0 Å². The third-order valence-electron chi connectivity index (χ3n) is 6.36. The number of fused-ring (bicyclic) bond motifs is 1. The maximum Gasteiger partial charge on any atom is 0.237 e. The molecule has 0 radical (unpaired) electrons. The fourth-order valence-electron chi connectivity index (χ4n) is 4.68. The zero-order chi connectivity index (χ0) is 22.3. The summed E-state index contributed by atoms with van der Waals surface area (Å²) in [6.45, 7) is 1.58. The molecular formula is C24H23ClN2O4S. The Morgan fingerprint density at radius 2 is 1.94 bits per heavy atom. The van der Waals surface area contributed by atoms with Crippen molar-refractivity contribution in [1.29, 1.82) is 0 Å². The number of carbonyl (C=O) groups excluding carboxylic acids is 2. The van der Waals surface area contributed by atoms with Crippen LogP contribution in [0.15, 0.2) is 52.9 Å². The number of piperidine rings is 1. The molecule has 3 heterocycles. The van der Waals surface area contributed by atoms with Gasteiger partial charge in [0.2, 0.25) is 11.8 Å². The van der Waals surface area contributed by atoms with Gasteiger partial charge in [0, 0.05) is 18.7 Å². The molecule has 6 nitrogen and oxygen atoms in total. The summed E-state index contributed by atoms with van der Waals surface area (Å²) < 4.78 is 6.16. The SMILES string of the molecule is O=C(CCl)N1CCC2(CC1)SCC(=O)N2Cc1ccc(-c2cc(O)cc3ccccc23)o1. The average Bonchev–Trinajstić information content (AvgIpc) is 3.39. The van der Waals surface area contributed by atoms with Crippen molar-refractivity contribution in [3.05, 3.63) is 54.3 Å². The normalized spacial score (nSPS) is 18.1. The molecule has 8 heteroatoms. The summed E-state index contributed by atoms with van der Waals surface area (Å²) in [5, 5.41) is 12.1. The van der Waals surface area contributed by atoms with Crippen LogP contribution in [0.5, 0.6) is 5.75 Å². The number of nitrogens with zero attached hydrogens (tertiary/aromatic N) is 2. The molecule has 2 aliphatic heterocycles. The Hall–Kier alpha value is -2.64. The van der Waals surface area contributed by atoms with Crippen LogP contribution in [-0.2, 0) is 16.1 Å². The molecule has 0 unspecified atom stereocenters. The number of thioether (sulfide) groups is 1. The van der Waals surface area contributed by atoms with Gasteiger partial charge in [-0.15, -0.1) is 23.4 Å². The number of carbonyl (C=O) groups is 2. The Balaban J connectivity index is 1.39. The van der Waals surface area contributed by atoms with Crippen LogP contribution in [0.2, 0.25) is 0 Å². The van der Waals surface area contributed by atoms with Crippen molar-refractivity contribution in [2.45, 2.75) is 24.3 Å². The molecular weight excluding hydrogens is 448 g/mol. The van der Waals surface area contributed by atoms with Gasteiger partial charge in [-0.25, -0.2) is 0 Å². The number of furan rings is 1. The largest absolute Gasteiger partial charge is 0.508 e. The zero-order valence-electron chi connectivity index (χ0n) is 17.4. The van der Waals surface area contributed by atoms with Crippen molar-refractivity contribution in [3.63, 3.8) is 0 Å². The highest BCUT2D eigenvalue weighted by Crippen LogP contribution is 2.45. The number of phenols is 1. The van der Waals surface area contributed by atoms with E-state index in [2.05, 4.69) is 0 Å². The van der Waals surface area contributed by atoms with E-state index in [1.54, 1.807) is 28.8 Å². The molecule has 166 valence electrons. The van der Waals surface area contributed by atoms with E-state index in [0.717, 1.165) is 29.2 Å². The molecule has 5 rings (SSSR count). The van der Waals surface area contributed by atoms with Gasteiger partial charge >= 0.3 is 0 Å². The van der Waals surface area contributed by atoms with Crippen LogP contribution in [0.25, 0.3) is 22.1 Å². The molecule has 32 heavy (non-hydrogen) atoms. The first-order valence-electron chi connectivity index (χ1n) is 10.6. The number of aromatic hydroxyl groups is 1. The number of likely N-dealkylation sites (tertiary alicyclic amines) is 1. The molecule has 3 aromatic rings. The summed E-state index contributed by atoms with van der Waals surface area (Å²) >= 11 is 7.37. The fourth-order valence-corrected chi connectivity index (χ4v) is 6.19. The number of alkyl halides is 1. The van der Waals surface area contributed by atoms with Gasteiger partial charge in [-0.1, -0.05) is 24.3 Å². The molecule has 2 aliphatic rings. The van der Waals surface area contributed by atoms with Gasteiger partial charge in [0.15, 0.2) is 0 Å². The lowest BCUT2D eigenvalue weighted by molar-refractivity contribution is -0.134. The molecule has 0 atom stereocenters.